The summed E-state index contributed by atoms with van der Waals surface area (Å²) in [6.45, 7) is 0.0163. The van der Waals surface area contributed by atoms with Crippen LogP contribution in [-0.4, -0.2) is 23.5 Å². The molecule has 0 spiro atoms. The van der Waals surface area contributed by atoms with Gasteiger partial charge in [0.2, 0.25) is 0 Å². The van der Waals surface area contributed by atoms with Crippen LogP contribution in [-0.2, 0) is 14.3 Å². The third-order valence-corrected chi connectivity index (χ3v) is 2.01. The van der Waals surface area contributed by atoms with E-state index in [9.17, 15) is 4.79 Å². The van der Waals surface area contributed by atoms with E-state index >= 15 is 0 Å². The van der Waals surface area contributed by atoms with E-state index in [0.29, 0.717) is 12.2 Å². The SMILES string of the molecule is O=C(O)C12C=CC=C(C1)OCO2. The Bertz CT molecular complexity index is 279. The summed E-state index contributed by atoms with van der Waals surface area (Å²) in [6, 6.07) is 0. The van der Waals surface area contributed by atoms with Crippen molar-refractivity contribution in [3.8, 4) is 0 Å². The summed E-state index contributed by atoms with van der Waals surface area (Å²) in [5.41, 5.74) is -1.18. The summed E-state index contributed by atoms with van der Waals surface area (Å²) < 4.78 is 10.1. The first-order valence-corrected chi connectivity index (χ1v) is 3.61. The Hall–Kier alpha value is -1.29. The van der Waals surface area contributed by atoms with E-state index in [1.165, 1.54) is 0 Å². The minimum atomic E-state index is -1.18. The van der Waals surface area contributed by atoms with Gasteiger partial charge in [0.1, 0.15) is 5.76 Å². The number of ether oxygens (including phenoxy) is 2. The zero-order valence-electron chi connectivity index (χ0n) is 6.32. The van der Waals surface area contributed by atoms with Gasteiger partial charge in [-0.1, -0.05) is 6.08 Å². The Morgan fingerprint density at radius 1 is 1.67 bits per heavy atom. The molecule has 4 heteroatoms. The van der Waals surface area contributed by atoms with E-state index < -0.39 is 11.6 Å². The van der Waals surface area contributed by atoms with Gasteiger partial charge in [0, 0.05) is 6.42 Å². The molecular formula is C8H8O4. The van der Waals surface area contributed by atoms with Gasteiger partial charge >= 0.3 is 5.97 Å². The molecule has 1 fully saturated rings. The van der Waals surface area contributed by atoms with Crippen molar-refractivity contribution < 1.29 is 19.4 Å². The molecule has 2 aliphatic rings. The Morgan fingerprint density at radius 2 is 2.50 bits per heavy atom. The van der Waals surface area contributed by atoms with Gasteiger partial charge < -0.3 is 14.6 Å². The lowest BCUT2D eigenvalue weighted by atomic mass is 9.93. The molecule has 0 amide bonds. The summed E-state index contributed by atoms with van der Waals surface area (Å²) in [5.74, 6) is -0.293. The van der Waals surface area contributed by atoms with Crippen LogP contribution in [0.25, 0.3) is 0 Å². The highest BCUT2D eigenvalue weighted by atomic mass is 16.7. The molecule has 12 heavy (non-hydrogen) atoms. The molecule has 1 saturated heterocycles. The van der Waals surface area contributed by atoms with Gasteiger partial charge in [-0.2, -0.15) is 0 Å². The predicted molar refractivity (Wildman–Crippen MR) is 39.2 cm³/mol. The third kappa shape index (κ3) is 0.921. The van der Waals surface area contributed by atoms with Gasteiger partial charge in [-0.05, 0) is 12.2 Å². The Balaban J connectivity index is 2.34. The Labute approximate surface area is 69.1 Å². The largest absolute Gasteiger partial charge is 0.479 e. The van der Waals surface area contributed by atoms with Crippen molar-refractivity contribution in [2.45, 2.75) is 12.0 Å². The fraction of sp³-hybridized carbons (Fsp3) is 0.375. The van der Waals surface area contributed by atoms with Crippen molar-refractivity contribution in [3.05, 3.63) is 24.0 Å². The van der Waals surface area contributed by atoms with Gasteiger partial charge in [0.05, 0.1) is 0 Å². The molecule has 1 aliphatic carbocycles. The highest BCUT2D eigenvalue weighted by Gasteiger charge is 2.42. The minimum Gasteiger partial charge on any atom is -0.479 e. The number of allylic oxidation sites excluding steroid dienone is 2. The van der Waals surface area contributed by atoms with E-state index in [1.54, 1.807) is 18.2 Å². The van der Waals surface area contributed by atoms with Crippen molar-refractivity contribution in [2.24, 2.45) is 0 Å². The number of carbonyl (C=O) groups is 1. The van der Waals surface area contributed by atoms with Crippen LogP contribution in [0.3, 0.4) is 0 Å². The van der Waals surface area contributed by atoms with Crippen molar-refractivity contribution in [1.82, 2.24) is 0 Å². The Kier molecular flexibility index (Phi) is 1.44. The molecule has 2 bridgehead atoms. The smallest absolute Gasteiger partial charge is 0.340 e. The van der Waals surface area contributed by atoms with Crippen LogP contribution < -0.4 is 0 Å². The molecule has 0 radical (unpaired) electrons. The first kappa shape index (κ1) is 7.36. The first-order chi connectivity index (χ1) is 5.73. The van der Waals surface area contributed by atoms with Crippen molar-refractivity contribution in [1.29, 1.82) is 0 Å². The number of carboxylic acid groups (broad SMARTS) is 1. The number of aliphatic carboxylic acids is 1. The maximum absolute atomic E-state index is 10.8. The quantitative estimate of drug-likeness (QED) is 0.624. The van der Waals surface area contributed by atoms with Gasteiger partial charge in [0.25, 0.3) is 0 Å². The number of hydrogen-bond donors (Lipinski definition) is 1. The van der Waals surface area contributed by atoms with Crippen molar-refractivity contribution in [3.63, 3.8) is 0 Å². The third-order valence-electron chi connectivity index (χ3n) is 2.01. The zero-order valence-corrected chi connectivity index (χ0v) is 6.32. The van der Waals surface area contributed by atoms with Crippen LogP contribution in [0, 0.1) is 0 Å². The van der Waals surface area contributed by atoms with Crippen molar-refractivity contribution in [2.75, 3.05) is 6.79 Å². The van der Waals surface area contributed by atoms with Crippen LogP contribution in [0.5, 0.6) is 0 Å². The maximum atomic E-state index is 10.8. The number of rotatable bonds is 1. The topological polar surface area (TPSA) is 55.8 Å². The zero-order chi connectivity index (χ0) is 8.60. The van der Waals surface area contributed by atoms with E-state index in [-0.39, 0.29) is 6.79 Å². The number of hydrogen-bond acceptors (Lipinski definition) is 3. The lowest BCUT2D eigenvalue weighted by molar-refractivity contribution is -0.185. The average molecular weight is 168 g/mol. The maximum Gasteiger partial charge on any atom is 0.340 e. The van der Waals surface area contributed by atoms with Gasteiger partial charge in [-0.25, -0.2) is 4.79 Å². The molecule has 1 N–H and O–H groups in total. The summed E-state index contributed by atoms with van der Waals surface area (Å²) >= 11 is 0. The van der Waals surface area contributed by atoms with E-state index in [0.717, 1.165) is 0 Å². The van der Waals surface area contributed by atoms with E-state index in [1.807, 2.05) is 0 Å². The van der Waals surface area contributed by atoms with Gasteiger partial charge in [0.15, 0.2) is 12.4 Å². The molecule has 2 rings (SSSR count). The van der Waals surface area contributed by atoms with Crippen LogP contribution in [0.2, 0.25) is 0 Å². The van der Waals surface area contributed by atoms with E-state index in [4.69, 9.17) is 14.6 Å². The predicted octanol–water partition coefficient (Wildman–Crippen LogP) is 0.658. The highest BCUT2D eigenvalue weighted by Crippen LogP contribution is 2.31. The van der Waals surface area contributed by atoms with E-state index in [2.05, 4.69) is 0 Å². The molecule has 1 atom stereocenters. The fourth-order valence-corrected chi connectivity index (χ4v) is 1.30. The second-order valence-electron chi connectivity index (χ2n) is 2.77. The standard InChI is InChI=1S/C8H8O4/c9-7(10)8-3-1-2-6(4-8)11-5-12-8/h1-3H,4-5H2,(H,9,10). The average Bonchev–Trinajstić information content (AvgIpc) is 2.04. The Morgan fingerprint density at radius 3 is 3.17 bits per heavy atom. The lowest BCUT2D eigenvalue weighted by Gasteiger charge is -2.33. The second-order valence-corrected chi connectivity index (χ2v) is 2.77. The molecule has 4 nitrogen and oxygen atoms in total. The monoisotopic (exact) mass is 168 g/mol. The van der Waals surface area contributed by atoms with Crippen LogP contribution >= 0.6 is 0 Å². The second kappa shape index (κ2) is 2.35. The number of fused-ring (bicyclic) bond motifs is 2. The summed E-state index contributed by atoms with van der Waals surface area (Å²) in [4.78, 5) is 10.8. The molecule has 1 unspecified atom stereocenters. The summed E-state index contributed by atoms with van der Waals surface area (Å²) in [6.07, 6.45) is 5.23. The lowest BCUT2D eigenvalue weighted by Crippen LogP contribution is -2.44. The first-order valence-electron chi connectivity index (χ1n) is 3.61. The van der Waals surface area contributed by atoms with Gasteiger partial charge in [-0.3, -0.25) is 0 Å². The van der Waals surface area contributed by atoms with Gasteiger partial charge in [-0.15, -0.1) is 0 Å². The molecular weight excluding hydrogens is 160 g/mol. The molecule has 0 aromatic rings. The normalized spacial score (nSPS) is 32.2. The molecule has 0 saturated carbocycles. The number of carboxylic acids is 1. The molecule has 1 aliphatic heterocycles. The van der Waals surface area contributed by atoms with Crippen LogP contribution in [0.15, 0.2) is 24.0 Å². The summed E-state index contributed by atoms with van der Waals surface area (Å²) in [7, 11) is 0. The highest BCUT2D eigenvalue weighted by molar-refractivity contribution is 5.81. The molecule has 64 valence electrons. The summed E-state index contributed by atoms with van der Waals surface area (Å²) in [5, 5.41) is 8.88. The minimum absolute atomic E-state index is 0.0163. The molecule has 1 heterocycles. The fourth-order valence-electron chi connectivity index (χ4n) is 1.30. The van der Waals surface area contributed by atoms with Crippen LogP contribution in [0.1, 0.15) is 6.42 Å². The molecule has 0 aromatic carbocycles. The van der Waals surface area contributed by atoms with Crippen molar-refractivity contribution >= 4 is 5.97 Å². The molecule has 0 aromatic heterocycles. The van der Waals surface area contributed by atoms with Crippen LogP contribution in [0.4, 0.5) is 0 Å².